The minimum atomic E-state index is -0.172. The summed E-state index contributed by atoms with van der Waals surface area (Å²) in [5, 5.41) is 3.29. The van der Waals surface area contributed by atoms with Crippen molar-refractivity contribution in [2.45, 2.75) is 6.61 Å². The largest absolute Gasteiger partial charge is 0.493 e. The molecular formula is C19H17BrN2O3S. The molecule has 0 spiro atoms. The zero-order chi connectivity index (χ0) is 18.7. The molecule has 7 heteroatoms. The van der Waals surface area contributed by atoms with E-state index in [-0.39, 0.29) is 5.91 Å². The lowest BCUT2D eigenvalue weighted by molar-refractivity contribution is -0.121. The number of benzene rings is 2. The zero-order valence-corrected chi connectivity index (χ0v) is 16.7. The molecule has 1 aliphatic heterocycles. The highest BCUT2D eigenvalue weighted by molar-refractivity contribution is 9.10. The monoisotopic (exact) mass is 432 g/mol. The molecule has 0 saturated carbocycles. The molecule has 1 heterocycles. The van der Waals surface area contributed by atoms with E-state index < -0.39 is 0 Å². The molecule has 2 aromatic rings. The van der Waals surface area contributed by atoms with Crippen molar-refractivity contribution in [1.29, 1.82) is 0 Å². The maximum Gasteiger partial charge on any atom is 0.276 e. The van der Waals surface area contributed by atoms with Gasteiger partial charge in [-0.2, -0.15) is 0 Å². The van der Waals surface area contributed by atoms with Crippen LogP contribution in [0, 0.1) is 0 Å². The molecule has 1 N–H and O–H groups in total. The minimum absolute atomic E-state index is 0.172. The van der Waals surface area contributed by atoms with E-state index in [4.69, 9.17) is 21.7 Å². The number of amides is 1. The molecule has 1 saturated heterocycles. The van der Waals surface area contributed by atoms with Crippen molar-refractivity contribution in [2.24, 2.45) is 0 Å². The number of hydrogen-bond donors (Lipinski definition) is 1. The Morgan fingerprint density at radius 3 is 2.62 bits per heavy atom. The fraction of sp³-hybridized carbons (Fsp3) is 0.158. The molecule has 1 amide bonds. The van der Waals surface area contributed by atoms with Crippen LogP contribution < -0.4 is 14.8 Å². The van der Waals surface area contributed by atoms with Crippen LogP contribution in [-0.2, 0) is 11.4 Å². The Kier molecular flexibility index (Phi) is 5.58. The van der Waals surface area contributed by atoms with E-state index in [2.05, 4.69) is 21.2 Å². The van der Waals surface area contributed by atoms with Crippen LogP contribution in [0.2, 0.25) is 0 Å². The lowest BCUT2D eigenvalue weighted by Gasteiger charge is -2.14. The van der Waals surface area contributed by atoms with Gasteiger partial charge in [0, 0.05) is 7.05 Å². The molecule has 5 nitrogen and oxygen atoms in total. The van der Waals surface area contributed by atoms with Gasteiger partial charge in [-0.1, -0.05) is 30.3 Å². The topological polar surface area (TPSA) is 50.8 Å². The molecule has 134 valence electrons. The summed E-state index contributed by atoms with van der Waals surface area (Å²) in [5.41, 5.74) is 2.27. The molecule has 1 fully saturated rings. The van der Waals surface area contributed by atoms with Gasteiger partial charge < -0.3 is 14.8 Å². The number of thiocarbonyl (C=S) groups is 1. The molecule has 3 rings (SSSR count). The summed E-state index contributed by atoms with van der Waals surface area (Å²) < 4.78 is 12.1. The van der Waals surface area contributed by atoms with Gasteiger partial charge in [-0.3, -0.25) is 9.69 Å². The Morgan fingerprint density at radius 2 is 2.00 bits per heavy atom. The van der Waals surface area contributed by atoms with E-state index in [1.807, 2.05) is 42.5 Å². The van der Waals surface area contributed by atoms with Crippen molar-refractivity contribution in [1.82, 2.24) is 10.2 Å². The maximum absolute atomic E-state index is 12.1. The molecule has 0 atom stereocenters. The second-order valence-corrected chi connectivity index (χ2v) is 6.90. The van der Waals surface area contributed by atoms with Gasteiger partial charge in [0.15, 0.2) is 16.6 Å². The zero-order valence-electron chi connectivity index (χ0n) is 14.3. The highest BCUT2D eigenvalue weighted by Crippen LogP contribution is 2.37. The number of halogens is 1. The van der Waals surface area contributed by atoms with E-state index in [0.717, 1.165) is 15.6 Å². The molecule has 0 aliphatic carbocycles. The normalized spacial score (nSPS) is 15.3. The second kappa shape index (κ2) is 7.88. The van der Waals surface area contributed by atoms with Crippen LogP contribution in [0.25, 0.3) is 6.08 Å². The Labute approximate surface area is 165 Å². The van der Waals surface area contributed by atoms with Gasteiger partial charge in [0.05, 0.1) is 11.6 Å². The molecule has 0 aromatic heterocycles. The predicted molar refractivity (Wildman–Crippen MR) is 108 cm³/mol. The number of nitrogens with one attached hydrogen (secondary N) is 1. The third-order valence-corrected chi connectivity index (χ3v) is 4.84. The molecular weight excluding hydrogens is 416 g/mol. The van der Waals surface area contributed by atoms with Gasteiger partial charge >= 0.3 is 0 Å². The fourth-order valence-corrected chi connectivity index (χ4v) is 3.25. The molecule has 0 bridgehead atoms. The van der Waals surface area contributed by atoms with Gasteiger partial charge in [0.1, 0.15) is 12.3 Å². The summed E-state index contributed by atoms with van der Waals surface area (Å²) in [5.74, 6) is 1.01. The summed E-state index contributed by atoms with van der Waals surface area (Å²) in [6, 6.07) is 13.6. The van der Waals surface area contributed by atoms with Crippen molar-refractivity contribution in [2.75, 3.05) is 14.2 Å². The number of ether oxygens (including phenoxy) is 2. The van der Waals surface area contributed by atoms with Crippen LogP contribution in [-0.4, -0.2) is 30.1 Å². The maximum atomic E-state index is 12.1. The van der Waals surface area contributed by atoms with Crippen LogP contribution in [0.1, 0.15) is 11.1 Å². The Bertz CT molecular complexity index is 884. The van der Waals surface area contributed by atoms with Gasteiger partial charge in [-0.05, 0) is 57.5 Å². The second-order valence-electron chi connectivity index (χ2n) is 5.66. The fourth-order valence-electron chi connectivity index (χ4n) is 2.48. The number of rotatable bonds is 5. The summed E-state index contributed by atoms with van der Waals surface area (Å²) in [6.45, 7) is 0.426. The van der Waals surface area contributed by atoms with E-state index >= 15 is 0 Å². The SMILES string of the molecule is COc1cc(/C=C2\NC(=S)N(C)C2=O)cc(Br)c1OCc1ccccc1. The first-order valence-corrected chi connectivity index (χ1v) is 9.04. The summed E-state index contributed by atoms with van der Waals surface area (Å²) in [4.78, 5) is 13.5. The first kappa shape index (κ1) is 18.4. The first-order chi connectivity index (χ1) is 12.5. The summed E-state index contributed by atoms with van der Waals surface area (Å²) in [7, 11) is 3.21. The lowest BCUT2D eigenvalue weighted by Crippen LogP contribution is -2.25. The number of nitrogens with zero attached hydrogens (tertiary/aromatic N) is 1. The van der Waals surface area contributed by atoms with E-state index in [1.54, 1.807) is 20.2 Å². The van der Waals surface area contributed by atoms with E-state index in [0.29, 0.717) is 28.9 Å². The Morgan fingerprint density at radius 1 is 1.27 bits per heavy atom. The van der Waals surface area contributed by atoms with Crippen molar-refractivity contribution in [3.63, 3.8) is 0 Å². The van der Waals surface area contributed by atoms with Gasteiger partial charge in [0.25, 0.3) is 5.91 Å². The number of methoxy groups -OCH3 is 1. The van der Waals surface area contributed by atoms with Crippen LogP contribution >= 0.6 is 28.1 Å². The van der Waals surface area contributed by atoms with Crippen molar-refractivity contribution < 1.29 is 14.3 Å². The smallest absolute Gasteiger partial charge is 0.276 e. The molecule has 0 unspecified atom stereocenters. The predicted octanol–water partition coefficient (Wildman–Crippen LogP) is 3.72. The van der Waals surface area contributed by atoms with Crippen LogP contribution in [0.4, 0.5) is 0 Å². The van der Waals surface area contributed by atoms with Crippen molar-refractivity contribution >= 4 is 45.2 Å². The third-order valence-electron chi connectivity index (χ3n) is 3.87. The minimum Gasteiger partial charge on any atom is -0.493 e. The highest BCUT2D eigenvalue weighted by Gasteiger charge is 2.27. The molecule has 2 aromatic carbocycles. The molecule has 0 radical (unpaired) electrons. The average Bonchev–Trinajstić information content (AvgIpc) is 2.88. The lowest BCUT2D eigenvalue weighted by atomic mass is 10.1. The van der Waals surface area contributed by atoms with Gasteiger partial charge in [-0.25, -0.2) is 0 Å². The summed E-state index contributed by atoms with van der Waals surface area (Å²) >= 11 is 8.61. The van der Waals surface area contributed by atoms with Crippen LogP contribution in [0.5, 0.6) is 11.5 Å². The summed E-state index contributed by atoms with van der Waals surface area (Å²) in [6.07, 6.45) is 1.73. The highest BCUT2D eigenvalue weighted by atomic mass is 79.9. The van der Waals surface area contributed by atoms with Gasteiger partial charge in [-0.15, -0.1) is 0 Å². The van der Waals surface area contributed by atoms with Gasteiger partial charge in [0.2, 0.25) is 0 Å². The van der Waals surface area contributed by atoms with Crippen LogP contribution in [0.3, 0.4) is 0 Å². The number of hydrogen-bond acceptors (Lipinski definition) is 4. The van der Waals surface area contributed by atoms with E-state index in [1.165, 1.54) is 4.90 Å². The standard InChI is InChI=1S/C19H17BrN2O3S/c1-22-18(23)15(21-19(22)26)9-13-8-14(20)17(16(10-13)24-2)25-11-12-6-4-3-5-7-12/h3-10H,11H2,1-2H3,(H,21,26)/b15-9-. The quantitative estimate of drug-likeness (QED) is 0.576. The third kappa shape index (κ3) is 3.89. The Balaban J connectivity index is 1.86. The first-order valence-electron chi connectivity index (χ1n) is 7.84. The number of carbonyl (C=O) groups is 1. The van der Waals surface area contributed by atoms with Crippen molar-refractivity contribution in [3.8, 4) is 11.5 Å². The number of carbonyl (C=O) groups excluding carboxylic acids is 1. The van der Waals surface area contributed by atoms with Crippen LogP contribution in [0.15, 0.2) is 52.6 Å². The number of likely N-dealkylation sites (N-methyl/N-ethyl adjacent to an activating group) is 1. The average molecular weight is 433 g/mol. The molecule has 1 aliphatic rings. The molecule has 26 heavy (non-hydrogen) atoms. The van der Waals surface area contributed by atoms with E-state index in [9.17, 15) is 4.79 Å². The van der Waals surface area contributed by atoms with Crippen molar-refractivity contribution in [3.05, 3.63) is 63.8 Å². The Hall–Kier alpha value is -2.38.